The van der Waals surface area contributed by atoms with Gasteiger partial charge in [0, 0.05) is 5.56 Å². The second kappa shape index (κ2) is 5.95. The first-order chi connectivity index (χ1) is 9.22. The Balaban J connectivity index is 2.51. The molecule has 102 valence electrons. The lowest BCUT2D eigenvalue weighted by Gasteiger charge is -2.19. The van der Waals surface area contributed by atoms with E-state index in [1.807, 2.05) is 29.0 Å². The zero-order valence-corrected chi connectivity index (χ0v) is 12.0. The van der Waals surface area contributed by atoms with Crippen molar-refractivity contribution < 1.29 is 14.2 Å². The maximum atomic E-state index is 6.28. The van der Waals surface area contributed by atoms with E-state index in [1.165, 1.54) is 0 Å². The van der Waals surface area contributed by atoms with E-state index in [2.05, 4.69) is 0 Å². The molecule has 0 spiro atoms. The molecule has 19 heavy (non-hydrogen) atoms. The zero-order chi connectivity index (χ0) is 13.8. The molecule has 5 heteroatoms. The first-order valence-corrected chi connectivity index (χ1v) is 6.73. The van der Waals surface area contributed by atoms with Crippen LogP contribution in [0.25, 0.3) is 0 Å². The summed E-state index contributed by atoms with van der Waals surface area (Å²) in [5, 5.41) is 4.03. The van der Waals surface area contributed by atoms with Crippen LogP contribution in [0.2, 0.25) is 0 Å². The van der Waals surface area contributed by atoms with Crippen molar-refractivity contribution in [2.24, 2.45) is 5.73 Å². The van der Waals surface area contributed by atoms with E-state index in [4.69, 9.17) is 19.9 Å². The topological polar surface area (TPSA) is 53.7 Å². The van der Waals surface area contributed by atoms with Crippen molar-refractivity contribution >= 4 is 11.3 Å². The molecule has 1 heterocycles. The van der Waals surface area contributed by atoms with Crippen molar-refractivity contribution in [3.8, 4) is 17.2 Å². The van der Waals surface area contributed by atoms with Crippen molar-refractivity contribution in [3.05, 3.63) is 40.1 Å². The fourth-order valence-corrected chi connectivity index (χ4v) is 2.70. The number of hydrogen-bond acceptors (Lipinski definition) is 5. The molecule has 0 aliphatic rings. The molecule has 0 fully saturated rings. The summed E-state index contributed by atoms with van der Waals surface area (Å²) in [6, 6.07) is 5.50. The lowest BCUT2D eigenvalue weighted by molar-refractivity contribution is 0.321. The third-order valence-corrected chi connectivity index (χ3v) is 3.67. The Kier molecular flexibility index (Phi) is 4.29. The Hall–Kier alpha value is -1.72. The fourth-order valence-electron chi connectivity index (χ4n) is 2.00. The summed E-state index contributed by atoms with van der Waals surface area (Å²) in [7, 11) is 4.77. The lowest BCUT2D eigenvalue weighted by Crippen LogP contribution is -2.13. The molecular formula is C14H17NO3S. The molecule has 1 aromatic heterocycles. The van der Waals surface area contributed by atoms with Crippen LogP contribution in [-0.2, 0) is 0 Å². The minimum atomic E-state index is -0.249. The van der Waals surface area contributed by atoms with Gasteiger partial charge in [-0.05, 0) is 34.5 Å². The van der Waals surface area contributed by atoms with Crippen LogP contribution in [0.1, 0.15) is 17.2 Å². The van der Waals surface area contributed by atoms with Gasteiger partial charge in [-0.1, -0.05) is 0 Å². The Morgan fingerprint density at radius 3 is 2.26 bits per heavy atom. The van der Waals surface area contributed by atoms with E-state index in [1.54, 1.807) is 32.7 Å². The molecule has 2 aromatic rings. The molecule has 2 N–H and O–H groups in total. The van der Waals surface area contributed by atoms with E-state index in [0.29, 0.717) is 17.2 Å². The van der Waals surface area contributed by atoms with Crippen LogP contribution < -0.4 is 19.9 Å². The number of benzene rings is 1. The molecule has 4 nitrogen and oxygen atoms in total. The van der Waals surface area contributed by atoms with Gasteiger partial charge in [-0.3, -0.25) is 0 Å². The highest BCUT2D eigenvalue weighted by molar-refractivity contribution is 7.08. The van der Waals surface area contributed by atoms with Gasteiger partial charge >= 0.3 is 0 Å². The second-order valence-electron chi connectivity index (χ2n) is 3.96. The SMILES string of the molecule is COc1ccc([C@@H](N)c2ccsc2)c(OC)c1OC. The number of nitrogens with two attached hydrogens (primary N) is 1. The van der Waals surface area contributed by atoms with Crippen LogP contribution in [-0.4, -0.2) is 21.3 Å². The number of hydrogen-bond donors (Lipinski definition) is 1. The van der Waals surface area contributed by atoms with E-state index in [-0.39, 0.29) is 6.04 Å². The monoisotopic (exact) mass is 279 g/mol. The second-order valence-corrected chi connectivity index (χ2v) is 4.74. The summed E-state index contributed by atoms with van der Waals surface area (Å²) in [5.41, 5.74) is 8.21. The van der Waals surface area contributed by atoms with Gasteiger partial charge in [-0.15, -0.1) is 0 Å². The van der Waals surface area contributed by atoms with Crippen LogP contribution in [0.15, 0.2) is 29.0 Å². The minimum Gasteiger partial charge on any atom is -0.493 e. The van der Waals surface area contributed by atoms with E-state index in [0.717, 1.165) is 11.1 Å². The molecule has 2 rings (SSSR count). The highest BCUT2D eigenvalue weighted by Crippen LogP contribution is 2.42. The molecule has 0 aliphatic carbocycles. The van der Waals surface area contributed by atoms with Gasteiger partial charge in [0.15, 0.2) is 11.5 Å². The first-order valence-electron chi connectivity index (χ1n) is 5.79. The van der Waals surface area contributed by atoms with Crippen molar-refractivity contribution in [3.63, 3.8) is 0 Å². The summed E-state index contributed by atoms with van der Waals surface area (Å²) in [6.07, 6.45) is 0. The third-order valence-electron chi connectivity index (χ3n) is 2.97. The van der Waals surface area contributed by atoms with E-state index >= 15 is 0 Å². The molecule has 0 aliphatic heterocycles. The molecule has 0 radical (unpaired) electrons. The summed E-state index contributed by atoms with van der Waals surface area (Å²) < 4.78 is 16.1. The van der Waals surface area contributed by atoms with Gasteiger partial charge in [0.1, 0.15) is 0 Å². The Labute approximate surface area is 116 Å². The normalized spacial score (nSPS) is 12.0. The summed E-state index contributed by atoms with van der Waals surface area (Å²) in [4.78, 5) is 0. The minimum absolute atomic E-state index is 0.249. The number of thiophene rings is 1. The molecule has 0 saturated carbocycles. The van der Waals surface area contributed by atoms with Crippen molar-refractivity contribution in [2.45, 2.75) is 6.04 Å². The Bertz CT molecular complexity index is 540. The van der Waals surface area contributed by atoms with E-state index in [9.17, 15) is 0 Å². The first kappa shape index (κ1) is 13.7. The van der Waals surface area contributed by atoms with Crippen molar-refractivity contribution in [2.75, 3.05) is 21.3 Å². The Morgan fingerprint density at radius 2 is 1.74 bits per heavy atom. The average molecular weight is 279 g/mol. The van der Waals surface area contributed by atoms with Gasteiger partial charge < -0.3 is 19.9 Å². The Morgan fingerprint density at radius 1 is 1.00 bits per heavy atom. The summed E-state index contributed by atoms with van der Waals surface area (Å²) in [5.74, 6) is 1.80. The quantitative estimate of drug-likeness (QED) is 0.914. The van der Waals surface area contributed by atoms with Crippen LogP contribution >= 0.6 is 11.3 Å². The molecule has 0 amide bonds. The molecule has 1 aromatic carbocycles. The molecule has 1 atom stereocenters. The summed E-state index contributed by atoms with van der Waals surface area (Å²) >= 11 is 1.62. The maximum Gasteiger partial charge on any atom is 0.203 e. The van der Waals surface area contributed by atoms with Crippen LogP contribution in [0.3, 0.4) is 0 Å². The molecular weight excluding hydrogens is 262 g/mol. The predicted molar refractivity (Wildman–Crippen MR) is 76.4 cm³/mol. The number of ether oxygens (including phenoxy) is 3. The highest BCUT2D eigenvalue weighted by Gasteiger charge is 2.21. The van der Waals surface area contributed by atoms with Crippen molar-refractivity contribution in [1.82, 2.24) is 0 Å². The molecule has 0 saturated heterocycles. The standard InChI is InChI=1S/C14H17NO3S/c1-16-11-5-4-10(13(17-2)14(11)18-3)12(15)9-6-7-19-8-9/h4-8,12H,15H2,1-3H3/t12-/m0/s1. The fraction of sp³-hybridized carbons (Fsp3) is 0.286. The van der Waals surface area contributed by atoms with Crippen LogP contribution in [0.5, 0.6) is 17.2 Å². The van der Waals surface area contributed by atoms with E-state index < -0.39 is 0 Å². The average Bonchev–Trinajstić information content (AvgIpc) is 2.98. The predicted octanol–water partition coefficient (Wildman–Crippen LogP) is 2.82. The largest absolute Gasteiger partial charge is 0.493 e. The lowest BCUT2D eigenvalue weighted by atomic mass is 10.0. The maximum absolute atomic E-state index is 6.28. The van der Waals surface area contributed by atoms with Crippen molar-refractivity contribution in [1.29, 1.82) is 0 Å². The van der Waals surface area contributed by atoms with Crippen LogP contribution in [0, 0.1) is 0 Å². The number of rotatable bonds is 5. The van der Waals surface area contributed by atoms with Gasteiger partial charge in [-0.25, -0.2) is 0 Å². The van der Waals surface area contributed by atoms with Crippen LogP contribution in [0.4, 0.5) is 0 Å². The highest BCUT2D eigenvalue weighted by atomic mass is 32.1. The molecule has 0 unspecified atom stereocenters. The van der Waals surface area contributed by atoms with Gasteiger partial charge in [0.25, 0.3) is 0 Å². The zero-order valence-electron chi connectivity index (χ0n) is 11.2. The summed E-state index contributed by atoms with van der Waals surface area (Å²) in [6.45, 7) is 0. The molecule has 0 bridgehead atoms. The smallest absolute Gasteiger partial charge is 0.203 e. The van der Waals surface area contributed by atoms with Gasteiger partial charge in [0.05, 0.1) is 27.4 Å². The third kappa shape index (κ3) is 2.52. The van der Waals surface area contributed by atoms with Gasteiger partial charge in [-0.2, -0.15) is 11.3 Å². The van der Waals surface area contributed by atoms with Gasteiger partial charge in [0.2, 0.25) is 5.75 Å². The number of methoxy groups -OCH3 is 3.